The van der Waals surface area contributed by atoms with Crippen molar-refractivity contribution in [2.75, 3.05) is 19.6 Å². The SMILES string of the molecule is CCNC(CC(C)C)C(=O)NC1CCC2CN(S(=O)(=O)c3cccc(C(F)(F)F)c3)CC21. The van der Waals surface area contributed by atoms with Gasteiger partial charge in [0.15, 0.2) is 0 Å². The maximum Gasteiger partial charge on any atom is 0.416 e. The van der Waals surface area contributed by atoms with Crippen LogP contribution in [0.15, 0.2) is 29.2 Å². The number of carbonyl (C=O) groups is 1. The summed E-state index contributed by atoms with van der Waals surface area (Å²) in [5.41, 5.74) is -0.984. The Morgan fingerprint density at radius 1 is 1.22 bits per heavy atom. The van der Waals surface area contributed by atoms with Crippen LogP contribution in [0.2, 0.25) is 0 Å². The zero-order valence-corrected chi connectivity index (χ0v) is 19.5. The number of nitrogens with zero attached hydrogens (tertiary/aromatic N) is 1. The summed E-state index contributed by atoms with van der Waals surface area (Å²) in [6, 6.07) is 3.43. The minimum atomic E-state index is -4.61. The number of amides is 1. The highest BCUT2D eigenvalue weighted by Crippen LogP contribution is 2.40. The molecule has 10 heteroatoms. The van der Waals surface area contributed by atoms with Gasteiger partial charge in [-0.05, 0) is 61.8 Å². The Kier molecular flexibility index (Phi) is 7.56. The van der Waals surface area contributed by atoms with E-state index in [9.17, 15) is 26.4 Å². The van der Waals surface area contributed by atoms with Crippen LogP contribution in [-0.4, -0.2) is 50.3 Å². The van der Waals surface area contributed by atoms with E-state index in [-0.39, 0.29) is 47.8 Å². The van der Waals surface area contributed by atoms with Gasteiger partial charge in [0.25, 0.3) is 0 Å². The minimum absolute atomic E-state index is 0.0409. The second kappa shape index (κ2) is 9.69. The number of likely N-dealkylation sites (N-methyl/N-ethyl adjacent to an activating group) is 1. The molecule has 32 heavy (non-hydrogen) atoms. The van der Waals surface area contributed by atoms with Crippen LogP contribution in [0.25, 0.3) is 0 Å². The lowest BCUT2D eigenvalue weighted by Crippen LogP contribution is -2.50. The molecule has 2 aliphatic rings. The topological polar surface area (TPSA) is 78.5 Å². The summed E-state index contributed by atoms with van der Waals surface area (Å²) in [5.74, 6) is 0.315. The molecule has 2 fully saturated rings. The summed E-state index contributed by atoms with van der Waals surface area (Å²) in [7, 11) is -4.05. The van der Waals surface area contributed by atoms with Crippen LogP contribution in [-0.2, 0) is 21.0 Å². The maximum atomic E-state index is 13.0. The van der Waals surface area contributed by atoms with Gasteiger partial charge in [0.05, 0.1) is 16.5 Å². The van der Waals surface area contributed by atoms with Gasteiger partial charge in [-0.25, -0.2) is 8.42 Å². The van der Waals surface area contributed by atoms with E-state index in [1.807, 2.05) is 6.92 Å². The molecule has 1 amide bonds. The second-order valence-corrected chi connectivity index (χ2v) is 11.1. The summed E-state index contributed by atoms with van der Waals surface area (Å²) < 4.78 is 66.5. The van der Waals surface area contributed by atoms with Crippen molar-refractivity contribution in [2.45, 2.75) is 63.2 Å². The Bertz CT molecular complexity index is 920. The second-order valence-electron chi connectivity index (χ2n) is 9.20. The summed E-state index contributed by atoms with van der Waals surface area (Å²) in [6.07, 6.45) is -2.35. The Morgan fingerprint density at radius 3 is 2.56 bits per heavy atom. The number of hydrogen-bond donors (Lipinski definition) is 2. The van der Waals surface area contributed by atoms with Crippen LogP contribution in [0.1, 0.15) is 45.6 Å². The number of nitrogens with one attached hydrogen (secondary N) is 2. The van der Waals surface area contributed by atoms with Gasteiger partial charge in [-0.2, -0.15) is 17.5 Å². The molecule has 180 valence electrons. The highest BCUT2D eigenvalue weighted by Gasteiger charge is 2.47. The fourth-order valence-corrected chi connectivity index (χ4v) is 6.45. The first kappa shape index (κ1) is 25.0. The Labute approximate surface area is 188 Å². The molecule has 4 unspecified atom stereocenters. The van der Waals surface area contributed by atoms with Crippen LogP contribution < -0.4 is 10.6 Å². The van der Waals surface area contributed by atoms with Gasteiger partial charge in [0.1, 0.15) is 0 Å². The summed E-state index contributed by atoms with van der Waals surface area (Å²) in [5, 5.41) is 6.32. The zero-order valence-electron chi connectivity index (χ0n) is 18.7. The van der Waals surface area contributed by atoms with Crippen molar-refractivity contribution in [1.29, 1.82) is 0 Å². The monoisotopic (exact) mass is 475 g/mol. The van der Waals surface area contributed by atoms with Crippen LogP contribution in [0.4, 0.5) is 13.2 Å². The highest BCUT2D eigenvalue weighted by molar-refractivity contribution is 7.89. The maximum absolute atomic E-state index is 13.0. The number of alkyl halides is 3. The van der Waals surface area contributed by atoms with Crippen molar-refractivity contribution >= 4 is 15.9 Å². The number of fused-ring (bicyclic) bond motifs is 1. The molecule has 4 atom stereocenters. The van der Waals surface area contributed by atoms with Crippen LogP contribution in [0, 0.1) is 17.8 Å². The first-order valence-electron chi connectivity index (χ1n) is 11.1. The Hall–Kier alpha value is -1.65. The first-order valence-corrected chi connectivity index (χ1v) is 12.6. The molecular formula is C22H32F3N3O3S. The van der Waals surface area contributed by atoms with Gasteiger partial charge in [0.2, 0.25) is 15.9 Å². The molecule has 0 spiro atoms. The van der Waals surface area contributed by atoms with E-state index in [1.165, 1.54) is 10.4 Å². The molecule has 1 aromatic carbocycles. The summed E-state index contributed by atoms with van der Waals surface area (Å²) in [6.45, 7) is 7.18. The van der Waals surface area contributed by atoms with E-state index in [4.69, 9.17) is 0 Å². The molecule has 6 nitrogen and oxygen atoms in total. The van der Waals surface area contributed by atoms with Gasteiger partial charge in [-0.15, -0.1) is 0 Å². The van der Waals surface area contributed by atoms with E-state index >= 15 is 0 Å². The number of benzene rings is 1. The number of hydrogen-bond acceptors (Lipinski definition) is 4. The lowest BCUT2D eigenvalue weighted by Gasteiger charge is -2.25. The Balaban J connectivity index is 1.70. The standard InChI is InChI=1S/C22H32F3N3O3S/c1-4-26-20(10-14(2)3)21(29)27-19-9-8-15-12-28(13-18(15)19)32(30,31)17-7-5-6-16(11-17)22(23,24)25/h5-7,11,14-15,18-20,26H,4,8-10,12-13H2,1-3H3,(H,27,29). The largest absolute Gasteiger partial charge is 0.416 e. The molecule has 2 N–H and O–H groups in total. The van der Waals surface area contributed by atoms with Crippen LogP contribution in [0.5, 0.6) is 0 Å². The lowest BCUT2D eigenvalue weighted by atomic mass is 9.97. The molecule has 3 rings (SSSR count). The molecule has 1 heterocycles. The number of rotatable bonds is 8. The van der Waals surface area contributed by atoms with E-state index in [2.05, 4.69) is 24.5 Å². The van der Waals surface area contributed by atoms with Crippen molar-refractivity contribution in [2.24, 2.45) is 17.8 Å². The molecule has 0 aromatic heterocycles. The van der Waals surface area contributed by atoms with Crippen molar-refractivity contribution in [3.8, 4) is 0 Å². The predicted octanol–water partition coefficient (Wildman–Crippen LogP) is 3.24. The van der Waals surface area contributed by atoms with E-state index in [1.54, 1.807) is 0 Å². The van der Waals surface area contributed by atoms with Crippen molar-refractivity contribution in [3.05, 3.63) is 29.8 Å². The minimum Gasteiger partial charge on any atom is -0.352 e. The van der Waals surface area contributed by atoms with Crippen LogP contribution in [0.3, 0.4) is 0 Å². The predicted molar refractivity (Wildman–Crippen MR) is 115 cm³/mol. The van der Waals surface area contributed by atoms with E-state index in [0.29, 0.717) is 24.9 Å². The molecule has 1 aromatic rings. The van der Waals surface area contributed by atoms with Crippen molar-refractivity contribution < 1.29 is 26.4 Å². The van der Waals surface area contributed by atoms with E-state index in [0.717, 1.165) is 25.0 Å². The normalized spacial score (nSPS) is 25.2. The number of carbonyl (C=O) groups excluding carboxylic acids is 1. The quantitative estimate of drug-likeness (QED) is 0.605. The molecule has 1 saturated heterocycles. The molecule has 1 saturated carbocycles. The molecule has 0 radical (unpaired) electrons. The van der Waals surface area contributed by atoms with Crippen molar-refractivity contribution in [3.63, 3.8) is 0 Å². The molecule has 0 bridgehead atoms. The fraction of sp³-hybridized carbons (Fsp3) is 0.682. The zero-order chi connectivity index (χ0) is 23.7. The average molecular weight is 476 g/mol. The molecule has 1 aliphatic carbocycles. The molecule has 1 aliphatic heterocycles. The summed E-state index contributed by atoms with van der Waals surface area (Å²) >= 11 is 0. The molecular weight excluding hydrogens is 443 g/mol. The third-order valence-electron chi connectivity index (χ3n) is 6.42. The number of halogens is 3. The number of sulfonamides is 1. The van der Waals surface area contributed by atoms with Gasteiger partial charge in [-0.1, -0.05) is 26.8 Å². The third-order valence-corrected chi connectivity index (χ3v) is 8.25. The lowest BCUT2D eigenvalue weighted by molar-refractivity contribution is -0.137. The fourth-order valence-electron chi connectivity index (χ4n) is 4.87. The van der Waals surface area contributed by atoms with Crippen LogP contribution >= 0.6 is 0 Å². The van der Waals surface area contributed by atoms with Gasteiger partial charge < -0.3 is 10.6 Å². The average Bonchev–Trinajstić information content (AvgIpc) is 3.29. The van der Waals surface area contributed by atoms with Gasteiger partial charge in [0, 0.05) is 19.1 Å². The Morgan fingerprint density at radius 2 is 1.94 bits per heavy atom. The smallest absolute Gasteiger partial charge is 0.352 e. The third kappa shape index (κ3) is 5.46. The highest BCUT2D eigenvalue weighted by atomic mass is 32.2. The summed E-state index contributed by atoms with van der Waals surface area (Å²) in [4.78, 5) is 12.5. The van der Waals surface area contributed by atoms with Gasteiger partial charge in [-0.3, -0.25) is 4.79 Å². The van der Waals surface area contributed by atoms with Crippen molar-refractivity contribution in [1.82, 2.24) is 14.9 Å². The first-order chi connectivity index (χ1) is 14.9. The van der Waals surface area contributed by atoms with Gasteiger partial charge >= 0.3 is 6.18 Å². The van der Waals surface area contributed by atoms with E-state index < -0.39 is 21.8 Å².